The molecule has 0 aliphatic carbocycles. The molecule has 0 amide bonds. The smallest absolute Gasteiger partial charge is 0.350 e. The van der Waals surface area contributed by atoms with Gasteiger partial charge in [0, 0.05) is 6.42 Å². The third kappa shape index (κ3) is 0.932. The highest BCUT2D eigenvalue weighted by Gasteiger charge is 2.21. The van der Waals surface area contributed by atoms with Crippen LogP contribution < -0.4 is 0 Å². The Morgan fingerprint density at radius 1 is 1.73 bits per heavy atom. The summed E-state index contributed by atoms with van der Waals surface area (Å²) in [5.41, 5.74) is 2.65. The van der Waals surface area contributed by atoms with E-state index in [0.29, 0.717) is 6.42 Å². The second kappa shape index (κ2) is 2.13. The minimum atomic E-state index is -0.949. The summed E-state index contributed by atoms with van der Waals surface area (Å²) in [4.78, 5) is 18.3. The van der Waals surface area contributed by atoms with Crippen LogP contribution in [0.5, 0.6) is 0 Å². The van der Waals surface area contributed by atoms with E-state index >= 15 is 0 Å². The topological polar surface area (TPSA) is 62.5 Å². The molecule has 0 atom stereocenters. The van der Waals surface area contributed by atoms with Gasteiger partial charge in [-0.15, -0.1) is 11.3 Å². The van der Waals surface area contributed by atoms with Gasteiger partial charge in [-0.1, -0.05) is 0 Å². The van der Waals surface area contributed by atoms with E-state index in [9.17, 15) is 4.79 Å². The molecule has 4 nitrogen and oxygen atoms in total. The van der Waals surface area contributed by atoms with Crippen LogP contribution in [0.15, 0.2) is 10.5 Å². The van der Waals surface area contributed by atoms with Crippen LogP contribution in [0.4, 0.5) is 5.00 Å². The number of carbonyl (C=O) groups is 1. The number of aromatic nitrogens is 1. The second-order valence-electron chi connectivity index (χ2n) is 2.14. The number of thiazole rings is 1. The number of rotatable bonds is 1. The van der Waals surface area contributed by atoms with Crippen LogP contribution in [0.3, 0.4) is 0 Å². The minimum Gasteiger partial charge on any atom is -0.477 e. The van der Waals surface area contributed by atoms with Crippen LogP contribution >= 0.6 is 11.3 Å². The van der Waals surface area contributed by atoms with Crippen molar-refractivity contribution >= 4 is 28.0 Å². The molecule has 1 aliphatic rings. The summed E-state index contributed by atoms with van der Waals surface area (Å²) in [5, 5.41) is 9.29. The Balaban J connectivity index is 2.38. The van der Waals surface area contributed by atoms with Crippen molar-refractivity contribution in [2.24, 2.45) is 4.99 Å². The SMILES string of the molecule is O=C(O)C1=Nc2scnc2C1. The molecule has 0 fully saturated rings. The number of carboxylic acid groups (broad SMARTS) is 1. The predicted molar refractivity (Wildman–Crippen MR) is 40.5 cm³/mol. The van der Waals surface area contributed by atoms with Gasteiger partial charge in [0.25, 0.3) is 0 Å². The number of hydrogen-bond donors (Lipinski definition) is 1. The fourth-order valence-corrected chi connectivity index (χ4v) is 1.62. The Kier molecular flexibility index (Phi) is 1.25. The molecule has 0 saturated carbocycles. The number of aliphatic imine (C=N–C) groups is 1. The first-order valence-corrected chi connectivity index (χ1v) is 3.88. The molecule has 11 heavy (non-hydrogen) atoms. The lowest BCUT2D eigenvalue weighted by molar-refractivity contribution is -0.129. The average Bonchev–Trinajstić information content (AvgIpc) is 2.40. The number of nitrogens with zero attached hydrogens (tertiary/aromatic N) is 2. The Morgan fingerprint density at radius 3 is 3.18 bits per heavy atom. The maximum absolute atomic E-state index is 10.4. The van der Waals surface area contributed by atoms with E-state index in [0.717, 1.165) is 10.7 Å². The van der Waals surface area contributed by atoms with Crippen molar-refractivity contribution in [1.82, 2.24) is 4.98 Å². The zero-order chi connectivity index (χ0) is 7.84. The highest BCUT2D eigenvalue weighted by atomic mass is 32.1. The number of fused-ring (bicyclic) bond motifs is 1. The Labute approximate surface area is 66.2 Å². The normalized spacial score (nSPS) is 14.4. The first kappa shape index (κ1) is 6.48. The number of carboxylic acids is 1. The molecular weight excluding hydrogens is 164 g/mol. The summed E-state index contributed by atoms with van der Waals surface area (Å²) < 4.78 is 0. The molecule has 0 spiro atoms. The van der Waals surface area contributed by atoms with Crippen LogP contribution in [-0.4, -0.2) is 21.8 Å². The van der Waals surface area contributed by atoms with Gasteiger partial charge in [0.05, 0.1) is 11.2 Å². The van der Waals surface area contributed by atoms with Crippen molar-refractivity contribution in [3.8, 4) is 0 Å². The van der Waals surface area contributed by atoms with Gasteiger partial charge >= 0.3 is 5.97 Å². The second-order valence-corrected chi connectivity index (χ2v) is 2.98. The van der Waals surface area contributed by atoms with Gasteiger partial charge in [0.1, 0.15) is 10.7 Å². The summed E-state index contributed by atoms with van der Waals surface area (Å²) in [6.45, 7) is 0. The van der Waals surface area contributed by atoms with Crippen molar-refractivity contribution in [3.63, 3.8) is 0 Å². The number of hydrogen-bond acceptors (Lipinski definition) is 4. The molecule has 0 bridgehead atoms. The van der Waals surface area contributed by atoms with E-state index in [1.807, 2.05) is 0 Å². The summed E-state index contributed by atoms with van der Waals surface area (Å²) >= 11 is 1.37. The Hall–Kier alpha value is -1.23. The third-order valence-electron chi connectivity index (χ3n) is 1.44. The van der Waals surface area contributed by atoms with Gasteiger partial charge in [0.15, 0.2) is 0 Å². The van der Waals surface area contributed by atoms with Gasteiger partial charge in [-0.2, -0.15) is 0 Å². The van der Waals surface area contributed by atoms with Crippen LogP contribution in [0.25, 0.3) is 0 Å². The van der Waals surface area contributed by atoms with Crippen molar-refractivity contribution in [3.05, 3.63) is 11.2 Å². The van der Waals surface area contributed by atoms with E-state index in [1.54, 1.807) is 5.51 Å². The first-order chi connectivity index (χ1) is 5.27. The van der Waals surface area contributed by atoms with Gasteiger partial charge < -0.3 is 5.11 Å². The van der Waals surface area contributed by atoms with Crippen molar-refractivity contribution in [2.75, 3.05) is 0 Å². The van der Waals surface area contributed by atoms with Crippen LogP contribution in [-0.2, 0) is 11.2 Å². The maximum atomic E-state index is 10.4. The standard InChI is InChI=1S/C6H4N2O2S/c9-6(10)4-1-3-5(8-4)11-2-7-3/h2H,1H2,(H,9,10). The van der Waals surface area contributed by atoms with E-state index in [4.69, 9.17) is 5.11 Å². The molecule has 2 rings (SSSR count). The summed E-state index contributed by atoms with van der Waals surface area (Å²) in [6.07, 6.45) is 0.369. The lowest BCUT2D eigenvalue weighted by atomic mass is 10.2. The summed E-state index contributed by atoms with van der Waals surface area (Å²) in [7, 11) is 0. The average molecular weight is 168 g/mol. The van der Waals surface area contributed by atoms with Gasteiger partial charge in [-0.3, -0.25) is 0 Å². The lowest BCUT2D eigenvalue weighted by Crippen LogP contribution is -2.12. The highest BCUT2D eigenvalue weighted by Crippen LogP contribution is 2.29. The minimum absolute atomic E-state index is 0.194. The van der Waals surface area contributed by atoms with Gasteiger partial charge in [-0.25, -0.2) is 14.8 Å². The first-order valence-electron chi connectivity index (χ1n) is 3.00. The fraction of sp³-hybridized carbons (Fsp3) is 0.167. The molecule has 2 heterocycles. The van der Waals surface area contributed by atoms with Crippen LogP contribution in [0.2, 0.25) is 0 Å². The molecule has 1 aromatic heterocycles. The zero-order valence-electron chi connectivity index (χ0n) is 5.44. The zero-order valence-corrected chi connectivity index (χ0v) is 6.26. The molecular formula is C6H4N2O2S. The number of aliphatic carboxylic acids is 1. The lowest BCUT2D eigenvalue weighted by Gasteiger charge is -1.86. The van der Waals surface area contributed by atoms with Crippen molar-refractivity contribution in [1.29, 1.82) is 0 Å². The van der Waals surface area contributed by atoms with Crippen molar-refractivity contribution < 1.29 is 9.90 Å². The molecule has 0 radical (unpaired) electrons. The van der Waals surface area contributed by atoms with E-state index in [1.165, 1.54) is 11.3 Å². The quantitative estimate of drug-likeness (QED) is 0.676. The van der Waals surface area contributed by atoms with Crippen LogP contribution in [0, 0.1) is 0 Å². The van der Waals surface area contributed by atoms with E-state index in [-0.39, 0.29) is 5.71 Å². The van der Waals surface area contributed by atoms with E-state index < -0.39 is 5.97 Å². The molecule has 1 N–H and O–H groups in total. The Morgan fingerprint density at radius 2 is 2.55 bits per heavy atom. The molecule has 0 aromatic carbocycles. The predicted octanol–water partition coefficient (Wildman–Crippen LogP) is 0.856. The van der Waals surface area contributed by atoms with Crippen LogP contribution in [0.1, 0.15) is 5.69 Å². The van der Waals surface area contributed by atoms with Gasteiger partial charge in [-0.05, 0) is 0 Å². The molecule has 5 heteroatoms. The Bertz CT molecular complexity index is 342. The largest absolute Gasteiger partial charge is 0.477 e. The molecule has 0 saturated heterocycles. The third-order valence-corrected chi connectivity index (χ3v) is 2.20. The monoisotopic (exact) mass is 168 g/mol. The van der Waals surface area contributed by atoms with E-state index in [2.05, 4.69) is 9.98 Å². The summed E-state index contributed by atoms with van der Waals surface area (Å²) in [6, 6.07) is 0. The molecule has 0 unspecified atom stereocenters. The van der Waals surface area contributed by atoms with Crippen molar-refractivity contribution in [2.45, 2.75) is 6.42 Å². The molecule has 1 aromatic rings. The maximum Gasteiger partial charge on any atom is 0.350 e. The van der Waals surface area contributed by atoms with Gasteiger partial charge in [0.2, 0.25) is 0 Å². The highest BCUT2D eigenvalue weighted by molar-refractivity contribution is 7.13. The molecule has 1 aliphatic heterocycles. The summed E-state index contributed by atoms with van der Waals surface area (Å²) in [5.74, 6) is -0.949. The molecule has 56 valence electrons. The fourth-order valence-electron chi connectivity index (χ4n) is 0.919.